The lowest BCUT2D eigenvalue weighted by Crippen LogP contribution is -2.40. The number of nitrogens with one attached hydrogen (secondary N) is 2. The lowest BCUT2D eigenvalue weighted by atomic mass is 10.1. The van der Waals surface area contributed by atoms with Gasteiger partial charge < -0.3 is 10.6 Å². The average Bonchev–Trinajstić information content (AvgIpc) is 3.18. The van der Waals surface area contributed by atoms with Crippen molar-refractivity contribution < 1.29 is 4.39 Å². The second-order valence-electron chi connectivity index (χ2n) is 5.72. The van der Waals surface area contributed by atoms with E-state index in [1.165, 1.54) is 6.07 Å². The fraction of sp³-hybridized carbons (Fsp3) is 0.412. The molecule has 24 heavy (non-hydrogen) atoms. The van der Waals surface area contributed by atoms with Gasteiger partial charge in [-0.1, -0.05) is 18.2 Å². The molecule has 2 N–H and O–H groups in total. The molecule has 2 atom stereocenters. The number of guanidine groups is 1. The Hall–Kier alpha value is -1.22. The van der Waals surface area contributed by atoms with Gasteiger partial charge >= 0.3 is 0 Å². The molecule has 1 aromatic carbocycles. The van der Waals surface area contributed by atoms with Crippen LogP contribution in [0.1, 0.15) is 28.6 Å². The predicted molar refractivity (Wildman–Crippen MR) is 108 cm³/mol. The summed E-state index contributed by atoms with van der Waals surface area (Å²) in [5.74, 6) is 0.875. The highest BCUT2D eigenvalue weighted by Gasteiger charge is 2.40. The van der Waals surface area contributed by atoms with Crippen molar-refractivity contribution in [2.24, 2.45) is 4.99 Å². The zero-order valence-electron chi connectivity index (χ0n) is 13.8. The van der Waals surface area contributed by atoms with Gasteiger partial charge in [0.25, 0.3) is 0 Å². The van der Waals surface area contributed by atoms with Crippen LogP contribution in [-0.2, 0) is 6.42 Å². The van der Waals surface area contributed by atoms with Crippen LogP contribution in [0.3, 0.4) is 0 Å². The Morgan fingerprint density at radius 1 is 1.42 bits per heavy atom. The monoisotopic (exact) mass is 460 g/mol. The van der Waals surface area contributed by atoms with Gasteiger partial charge in [0.15, 0.2) is 5.96 Å². The molecule has 1 aliphatic rings. The van der Waals surface area contributed by atoms with E-state index < -0.39 is 0 Å². The van der Waals surface area contributed by atoms with Crippen molar-refractivity contribution in [2.45, 2.75) is 31.7 Å². The summed E-state index contributed by atoms with van der Waals surface area (Å²) in [7, 11) is 1.75. The molecule has 0 amide bonds. The number of aromatic nitrogens is 1. The first-order valence-electron chi connectivity index (χ1n) is 7.80. The van der Waals surface area contributed by atoms with Crippen LogP contribution >= 0.6 is 35.3 Å². The van der Waals surface area contributed by atoms with Crippen molar-refractivity contribution >= 4 is 41.3 Å². The molecule has 0 aliphatic heterocycles. The third-order valence-electron chi connectivity index (χ3n) is 3.98. The van der Waals surface area contributed by atoms with Crippen LogP contribution in [0.4, 0.5) is 4.39 Å². The van der Waals surface area contributed by atoms with Gasteiger partial charge in [-0.15, -0.1) is 35.3 Å². The van der Waals surface area contributed by atoms with Crippen molar-refractivity contribution in [1.82, 2.24) is 15.6 Å². The number of benzene rings is 1. The highest BCUT2D eigenvalue weighted by Crippen LogP contribution is 2.41. The number of hydrogen-bond acceptors (Lipinski definition) is 3. The van der Waals surface area contributed by atoms with Gasteiger partial charge in [-0.3, -0.25) is 4.99 Å². The predicted octanol–water partition coefficient (Wildman–Crippen LogP) is 3.47. The number of thiazole rings is 1. The van der Waals surface area contributed by atoms with E-state index in [9.17, 15) is 4.39 Å². The van der Waals surface area contributed by atoms with E-state index in [0.29, 0.717) is 0 Å². The Labute approximate surface area is 163 Å². The quantitative estimate of drug-likeness (QED) is 0.408. The van der Waals surface area contributed by atoms with Crippen LogP contribution in [0, 0.1) is 12.7 Å². The summed E-state index contributed by atoms with van der Waals surface area (Å²) in [5, 5.41) is 9.83. The minimum atomic E-state index is -0.122. The van der Waals surface area contributed by atoms with E-state index in [0.717, 1.165) is 41.6 Å². The number of hydrogen-bond donors (Lipinski definition) is 2. The van der Waals surface area contributed by atoms with Crippen LogP contribution in [0.15, 0.2) is 34.6 Å². The molecule has 1 saturated carbocycles. The molecule has 1 aromatic heterocycles. The van der Waals surface area contributed by atoms with Gasteiger partial charge in [-0.05, 0) is 25.0 Å². The Morgan fingerprint density at radius 2 is 2.21 bits per heavy atom. The summed E-state index contributed by atoms with van der Waals surface area (Å²) >= 11 is 1.67. The highest BCUT2D eigenvalue weighted by atomic mass is 127. The standard InChI is InChI=1S/C17H21FN4S.HI/c1-11-21-12(10-23-11)7-8-20-17(19-2)22-16-9-14(16)13-5-3-4-6-15(13)18;/h3-6,10,14,16H,7-9H2,1-2H3,(H2,19,20,22);1H. The van der Waals surface area contributed by atoms with Gasteiger partial charge in [-0.2, -0.15) is 0 Å². The minimum Gasteiger partial charge on any atom is -0.356 e. The molecule has 1 heterocycles. The largest absolute Gasteiger partial charge is 0.356 e. The molecule has 0 radical (unpaired) electrons. The van der Waals surface area contributed by atoms with Gasteiger partial charge in [-0.25, -0.2) is 9.37 Å². The summed E-state index contributed by atoms with van der Waals surface area (Å²) in [4.78, 5) is 8.68. The van der Waals surface area contributed by atoms with Crippen molar-refractivity contribution in [3.8, 4) is 0 Å². The summed E-state index contributed by atoms with van der Waals surface area (Å²) in [6.07, 6.45) is 1.80. The average molecular weight is 460 g/mol. The second-order valence-corrected chi connectivity index (χ2v) is 6.78. The van der Waals surface area contributed by atoms with Crippen LogP contribution < -0.4 is 10.6 Å². The molecule has 130 valence electrons. The zero-order chi connectivity index (χ0) is 16.2. The maximum Gasteiger partial charge on any atom is 0.191 e. The fourth-order valence-electron chi connectivity index (χ4n) is 2.68. The lowest BCUT2D eigenvalue weighted by molar-refractivity contribution is 0.607. The lowest BCUT2D eigenvalue weighted by Gasteiger charge is -2.11. The summed E-state index contributed by atoms with van der Waals surface area (Å²) < 4.78 is 13.8. The van der Waals surface area contributed by atoms with Gasteiger partial charge in [0, 0.05) is 37.4 Å². The fourth-order valence-corrected chi connectivity index (χ4v) is 3.32. The first-order valence-corrected chi connectivity index (χ1v) is 8.68. The normalized spacial score (nSPS) is 19.5. The minimum absolute atomic E-state index is 0. The first kappa shape index (κ1) is 19.1. The molecule has 3 rings (SSSR count). The maximum atomic E-state index is 13.8. The number of aryl methyl sites for hydroxylation is 1. The van der Waals surface area contributed by atoms with E-state index >= 15 is 0 Å². The van der Waals surface area contributed by atoms with Crippen molar-refractivity contribution in [1.29, 1.82) is 0 Å². The SMILES string of the molecule is CN=C(NCCc1csc(C)n1)NC1CC1c1ccccc1F.I. The van der Waals surface area contributed by atoms with Gasteiger partial charge in [0.1, 0.15) is 5.82 Å². The molecule has 2 aromatic rings. The van der Waals surface area contributed by atoms with E-state index in [-0.39, 0.29) is 41.8 Å². The second kappa shape index (κ2) is 8.75. The maximum absolute atomic E-state index is 13.8. The highest BCUT2D eigenvalue weighted by molar-refractivity contribution is 14.0. The molecular weight excluding hydrogens is 438 g/mol. The van der Waals surface area contributed by atoms with Crippen LogP contribution in [0.25, 0.3) is 0 Å². The van der Waals surface area contributed by atoms with E-state index in [1.807, 2.05) is 19.1 Å². The van der Waals surface area contributed by atoms with E-state index in [2.05, 4.69) is 26.0 Å². The third-order valence-corrected chi connectivity index (χ3v) is 4.80. The molecule has 0 bridgehead atoms. The first-order chi connectivity index (χ1) is 11.2. The van der Waals surface area contributed by atoms with E-state index in [1.54, 1.807) is 24.5 Å². The van der Waals surface area contributed by atoms with Crippen LogP contribution in [0.2, 0.25) is 0 Å². The number of nitrogens with zero attached hydrogens (tertiary/aromatic N) is 2. The zero-order valence-corrected chi connectivity index (χ0v) is 16.9. The Kier molecular flexibility index (Phi) is 6.97. The van der Waals surface area contributed by atoms with Gasteiger partial charge in [0.05, 0.1) is 10.7 Å². The van der Waals surface area contributed by atoms with Crippen LogP contribution in [-0.4, -0.2) is 30.6 Å². The molecule has 7 heteroatoms. The van der Waals surface area contributed by atoms with E-state index in [4.69, 9.17) is 0 Å². The molecule has 1 aliphatic carbocycles. The number of halogens is 2. The Morgan fingerprint density at radius 3 is 2.88 bits per heavy atom. The Balaban J connectivity index is 0.00000208. The number of rotatable bonds is 5. The Bertz CT molecular complexity index is 703. The van der Waals surface area contributed by atoms with Crippen molar-refractivity contribution in [2.75, 3.05) is 13.6 Å². The molecule has 2 unspecified atom stereocenters. The summed E-state index contributed by atoms with van der Waals surface area (Å²) in [5.41, 5.74) is 1.89. The third kappa shape index (κ3) is 4.89. The molecular formula is C17H22FIN4S. The van der Waals surface area contributed by atoms with Gasteiger partial charge in [0.2, 0.25) is 0 Å². The van der Waals surface area contributed by atoms with Crippen molar-refractivity contribution in [3.63, 3.8) is 0 Å². The summed E-state index contributed by atoms with van der Waals surface area (Å²) in [6.45, 7) is 2.79. The smallest absolute Gasteiger partial charge is 0.191 e. The summed E-state index contributed by atoms with van der Waals surface area (Å²) in [6, 6.07) is 7.25. The van der Waals surface area contributed by atoms with Crippen LogP contribution in [0.5, 0.6) is 0 Å². The number of aliphatic imine (C=N–C) groups is 1. The molecule has 1 fully saturated rings. The molecule has 4 nitrogen and oxygen atoms in total. The topological polar surface area (TPSA) is 49.3 Å². The molecule has 0 saturated heterocycles. The van der Waals surface area contributed by atoms with Crippen molar-refractivity contribution in [3.05, 3.63) is 51.7 Å². The molecule has 0 spiro atoms.